The van der Waals surface area contributed by atoms with Gasteiger partial charge in [-0.3, -0.25) is 4.79 Å². The van der Waals surface area contributed by atoms with Gasteiger partial charge in [0.25, 0.3) is 5.91 Å². The van der Waals surface area contributed by atoms with Crippen LogP contribution in [-0.4, -0.2) is 28.9 Å². The van der Waals surface area contributed by atoms with Gasteiger partial charge in [-0.05, 0) is 43.0 Å². The van der Waals surface area contributed by atoms with E-state index in [1.54, 1.807) is 30.5 Å². The summed E-state index contributed by atoms with van der Waals surface area (Å²) in [7, 11) is 0. The summed E-state index contributed by atoms with van der Waals surface area (Å²) >= 11 is 12.3. The number of hydrogen-bond acceptors (Lipinski definition) is 3. The number of para-hydroxylation sites is 1. The van der Waals surface area contributed by atoms with Gasteiger partial charge in [-0.15, -0.1) is 0 Å². The molecule has 1 aromatic carbocycles. The lowest BCUT2D eigenvalue weighted by Crippen LogP contribution is -2.39. The summed E-state index contributed by atoms with van der Waals surface area (Å²) in [6, 6.07) is 8.86. The van der Waals surface area contributed by atoms with Gasteiger partial charge in [-0.25, -0.2) is 4.98 Å². The van der Waals surface area contributed by atoms with E-state index in [2.05, 4.69) is 17.2 Å². The van der Waals surface area contributed by atoms with Crippen molar-refractivity contribution in [2.45, 2.75) is 19.8 Å². The Labute approximate surface area is 151 Å². The minimum absolute atomic E-state index is 0.0103. The Morgan fingerprint density at radius 2 is 2.00 bits per heavy atom. The lowest BCUT2D eigenvalue weighted by Gasteiger charge is -2.30. The van der Waals surface area contributed by atoms with Crippen LogP contribution in [-0.2, 0) is 0 Å². The SMILES string of the molecule is CC1CCCN(C(=O)c2ccc(Nc3c(Cl)cccc3Cl)cn2)C1. The number of likely N-dealkylation sites (tertiary alicyclic amines) is 1. The number of piperidine rings is 1. The van der Waals surface area contributed by atoms with Crippen LogP contribution in [0.2, 0.25) is 10.0 Å². The third-order valence-electron chi connectivity index (χ3n) is 4.16. The molecule has 1 fully saturated rings. The smallest absolute Gasteiger partial charge is 0.272 e. The number of carbonyl (C=O) groups is 1. The summed E-state index contributed by atoms with van der Waals surface area (Å²) in [5, 5.41) is 4.21. The van der Waals surface area contributed by atoms with Gasteiger partial charge in [0.1, 0.15) is 5.69 Å². The Balaban J connectivity index is 1.72. The largest absolute Gasteiger partial charge is 0.352 e. The van der Waals surface area contributed by atoms with Gasteiger partial charge in [0, 0.05) is 13.1 Å². The molecule has 1 aliphatic heterocycles. The van der Waals surface area contributed by atoms with Crippen molar-refractivity contribution in [1.82, 2.24) is 9.88 Å². The lowest BCUT2D eigenvalue weighted by molar-refractivity contribution is 0.0677. The number of benzene rings is 1. The number of rotatable bonds is 3. The van der Waals surface area contributed by atoms with Gasteiger partial charge in [-0.1, -0.05) is 36.2 Å². The number of halogens is 2. The summed E-state index contributed by atoms with van der Waals surface area (Å²) < 4.78 is 0. The average molecular weight is 364 g/mol. The molecular formula is C18H19Cl2N3O. The van der Waals surface area contributed by atoms with E-state index in [9.17, 15) is 4.79 Å². The van der Waals surface area contributed by atoms with E-state index in [-0.39, 0.29) is 5.91 Å². The molecule has 1 aliphatic rings. The van der Waals surface area contributed by atoms with E-state index in [1.165, 1.54) is 6.42 Å². The Morgan fingerprint density at radius 3 is 2.62 bits per heavy atom. The minimum atomic E-state index is -0.0103. The maximum absolute atomic E-state index is 12.5. The molecule has 1 amide bonds. The first-order valence-electron chi connectivity index (χ1n) is 8.01. The second-order valence-corrected chi connectivity index (χ2v) is 6.97. The summed E-state index contributed by atoms with van der Waals surface area (Å²) in [5.41, 5.74) is 1.82. The molecule has 0 bridgehead atoms. The molecule has 4 nitrogen and oxygen atoms in total. The van der Waals surface area contributed by atoms with Gasteiger partial charge in [0.2, 0.25) is 0 Å². The number of nitrogens with zero attached hydrogens (tertiary/aromatic N) is 2. The van der Waals surface area contributed by atoms with E-state index in [0.29, 0.717) is 27.3 Å². The quantitative estimate of drug-likeness (QED) is 0.833. The number of aromatic nitrogens is 1. The number of anilines is 2. The molecule has 0 saturated carbocycles. The zero-order valence-corrected chi connectivity index (χ0v) is 14.9. The molecule has 2 aromatic rings. The third kappa shape index (κ3) is 3.82. The van der Waals surface area contributed by atoms with Crippen LogP contribution in [0.15, 0.2) is 36.5 Å². The zero-order chi connectivity index (χ0) is 17.1. The number of pyridine rings is 1. The highest BCUT2D eigenvalue weighted by atomic mass is 35.5. The van der Waals surface area contributed by atoms with Crippen molar-refractivity contribution in [2.24, 2.45) is 5.92 Å². The van der Waals surface area contributed by atoms with E-state index < -0.39 is 0 Å². The first-order valence-corrected chi connectivity index (χ1v) is 8.76. The predicted octanol–water partition coefficient (Wildman–Crippen LogP) is 5.00. The zero-order valence-electron chi connectivity index (χ0n) is 13.4. The molecular weight excluding hydrogens is 345 g/mol. The Bertz CT molecular complexity index is 713. The average Bonchev–Trinajstić information content (AvgIpc) is 2.58. The van der Waals surface area contributed by atoms with Crippen LogP contribution in [0.25, 0.3) is 0 Å². The molecule has 1 aromatic heterocycles. The van der Waals surface area contributed by atoms with Gasteiger partial charge >= 0.3 is 0 Å². The lowest BCUT2D eigenvalue weighted by atomic mass is 10.00. The normalized spacial score (nSPS) is 17.6. The van der Waals surface area contributed by atoms with Crippen molar-refractivity contribution in [2.75, 3.05) is 18.4 Å². The number of carbonyl (C=O) groups excluding carboxylic acids is 1. The minimum Gasteiger partial charge on any atom is -0.352 e. The van der Waals surface area contributed by atoms with Crippen molar-refractivity contribution in [3.8, 4) is 0 Å². The predicted molar refractivity (Wildman–Crippen MR) is 98.3 cm³/mol. The highest BCUT2D eigenvalue weighted by Gasteiger charge is 2.22. The number of nitrogens with one attached hydrogen (secondary N) is 1. The van der Waals surface area contributed by atoms with Crippen molar-refractivity contribution in [1.29, 1.82) is 0 Å². The van der Waals surface area contributed by atoms with Crippen molar-refractivity contribution < 1.29 is 4.79 Å². The molecule has 1 saturated heterocycles. The fourth-order valence-corrected chi connectivity index (χ4v) is 3.38. The standard InChI is InChI=1S/C18H19Cl2N3O/c1-12-4-3-9-23(11-12)18(24)16-8-7-13(10-21-16)22-17-14(19)5-2-6-15(17)20/h2,5-8,10,12,22H,3-4,9,11H2,1H3. The van der Waals surface area contributed by atoms with E-state index in [1.807, 2.05) is 11.0 Å². The monoisotopic (exact) mass is 363 g/mol. The van der Waals surface area contributed by atoms with Gasteiger partial charge in [0.05, 0.1) is 27.6 Å². The van der Waals surface area contributed by atoms with Crippen LogP contribution in [0.4, 0.5) is 11.4 Å². The molecule has 1 N–H and O–H groups in total. The molecule has 1 atom stereocenters. The first kappa shape index (κ1) is 17.1. The molecule has 126 valence electrons. The van der Waals surface area contributed by atoms with Gasteiger partial charge in [-0.2, -0.15) is 0 Å². The first-order chi connectivity index (χ1) is 11.5. The number of hydrogen-bond donors (Lipinski definition) is 1. The molecule has 0 aliphatic carbocycles. The maximum Gasteiger partial charge on any atom is 0.272 e. The van der Waals surface area contributed by atoms with E-state index >= 15 is 0 Å². The van der Waals surface area contributed by atoms with Gasteiger partial charge < -0.3 is 10.2 Å². The highest BCUT2D eigenvalue weighted by molar-refractivity contribution is 6.39. The molecule has 24 heavy (non-hydrogen) atoms. The van der Waals surface area contributed by atoms with Crippen LogP contribution < -0.4 is 5.32 Å². The molecule has 0 spiro atoms. The Kier molecular flexibility index (Phi) is 5.27. The fourth-order valence-electron chi connectivity index (χ4n) is 2.89. The maximum atomic E-state index is 12.5. The Hall–Kier alpha value is -1.78. The van der Waals surface area contributed by atoms with Crippen molar-refractivity contribution >= 4 is 40.5 Å². The van der Waals surface area contributed by atoms with E-state index in [4.69, 9.17) is 23.2 Å². The summed E-state index contributed by atoms with van der Waals surface area (Å²) in [6.07, 6.45) is 3.86. The molecule has 1 unspecified atom stereocenters. The van der Waals surface area contributed by atoms with Crippen LogP contribution in [0.1, 0.15) is 30.3 Å². The second-order valence-electron chi connectivity index (χ2n) is 6.15. The number of amides is 1. The second kappa shape index (κ2) is 7.41. The van der Waals surface area contributed by atoms with Crippen LogP contribution in [0, 0.1) is 5.92 Å². The van der Waals surface area contributed by atoms with Gasteiger partial charge in [0.15, 0.2) is 0 Å². The summed E-state index contributed by atoms with van der Waals surface area (Å²) in [5.74, 6) is 0.537. The van der Waals surface area contributed by atoms with Crippen LogP contribution in [0.5, 0.6) is 0 Å². The summed E-state index contributed by atoms with van der Waals surface area (Å²) in [4.78, 5) is 18.7. The van der Waals surface area contributed by atoms with Crippen molar-refractivity contribution in [3.63, 3.8) is 0 Å². The highest BCUT2D eigenvalue weighted by Crippen LogP contribution is 2.32. The molecule has 6 heteroatoms. The molecule has 2 heterocycles. The third-order valence-corrected chi connectivity index (χ3v) is 4.79. The molecule has 0 radical (unpaired) electrons. The summed E-state index contributed by atoms with van der Waals surface area (Å²) in [6.45, 7) is 3.78. The van der Waals surface area contributed by atoms with Crippen LogP contribution >= 0.6 is 23.2 Å². The fraction of sp³-hybridized carbons (Fsp3) is 0.333. The molecule has 3 rings (SSSR count). The van der Waals surface area contributed by atoms with E-state index in [0.717, 1.165) is 25.2 Å². The topological polar surface area (TPSA) is 45.2 Å². The van der Waals surface area contributed by atoms with Crippen LogP contribution in [0.3, 0.4) is 0 Å². The Morgan fingerprint density at radius 1 is 1.25 bits per heavy atom. The van der Waals surface area contributed by atoms with Crippen molar-refractivity contribution in [3.05, 3.63) is 52.3 Å².